The van der Waals surface area contributed by atoms with Crippen LogP contribution in [0.1, 0.15) is 0 Å². The van der Waals surface area contributed by atoms with E-state index < -0.39 is 0 Å². The maximum atomic E-state index is 7.13. The lowest BCUT2D eigenvalue weighted by atomic mass is 9.85. The zero-order valence-electron chi connectivity index (χ0n) is 58.5. The molecule has 0 atom stereocenters. The van der Waals surface area contributed by atoms with Crippen LogP contribution in [-0.4, -0.2) is 19.9 Å². The van der Waals surface area contributed by atoms with Crippen molar-refractivity contribution in [1.29, 1.82) is 0 Å². The summed E-state index contributed by atoms with van der Waals surface area (Å²) in [7, 11) is 0. The fourth-order valence-electron chi connectivity index (χ4n) is 18.1. The fraction of sp³-hybridized carbons (Fsp3) is 0. The minimum Gasteiger partial charge on any atom is -0.456 e. The highest BCUT2D eigenvalue weighted by Crippen LogP contribution is 2.57. The Bertz CT molecular complexity index is 8020. The number of nitrogens with zero attached hydrogens (tertiary/aromatic N) is 6. The first kappa shape index (κ1) is 59.3. The molecule has 0 radical (unpaired) electrons. The number of para-hydroxylation sites is 4. The van der Waals surface area contributed by atoms with E-state index in [-0.39, 0.29) is 0 Å². The molecule has 0 aliphatic carbocycles. The molecule has 10 heteroatoms. The Morgan fingerprint density at radius 1 is 0.218 bits per heavy atom. The number of rotatable bonds is 7. The third kappa shape index (κ3) is 8.46. The number of anilines is 6. The van der Waals surface area contributed by atoms with E-state index in [1.165, 1.54) is 38.4 Å². The third-order valence-electron chi connectivity index (χ3n) is 23.1. The van der Waals surface area contributed by atoms with Crippen LogP contribution in [0.2, 0.25) is 0 Å². The van der Waals surface area contributed by atoms with Gasteiger partial charge < -0.3 is 27.5 Å². The predicted octanol–water partition coefficient (Wildman–Crippen LogP) is 27.9. The van der Waals surface area contributed by atoms with Gasteiger partial charge in [-0.2, -0.15) is 0 Å². The number of benzene rings is 17. The highest BCUT2D eigenvalue weighted by atomic mass is 16.3. The fourth-order valence-corrected chi connectivity index (χ4v) is 18.1. The average Bonchev–Trinajstić information content (AvgIpc) is 1.25. The van der Waals surface area contributed by atoms with Gasteiger partial charge in [-0.05, 0) is 164 Å². The summed E-state index contributed by atoms with van der Waals surface area (Å²) in [6.45, 7) is 0. The topological polar surface area (TPSA) is 111 Å². The molecule has 0 saturated carbocycles. The van der Waals surface area contributed by atoms with Gasteiger partial charge in [-0.15, -0.1) is 0 Å². The Kier molecular flexibility index (Phi) is 12.0. The van der Waals surface area contributed by atoms with Gasteiger partial charge in [-0.1, -0.05) is 212 Å². The van der Waals surface area contributed by atoms with Gasteiger partial charge in [0.25, 0.3) is 0 Å². The number of fused-ring (bicyclic) bond motifs is 21. The lowest BCUT2D eigenvalue weighted by Gasteiger charge is -2.35. The van der Waals surface area contributed by atoms with E-state index in [1.807, 2.05) is 54.6 Å². The zero-order chi connectivity index (χ0) is 71.6. The first-order chi connectivity index (χ1) is 54.5. The summed E-state index contributed by atoms with van der Waals surface area (Å²) >= 11 is 0. The second-order valence-corrected chi connectivity index (χ2v) is 29.0. The SMILES string of the molecule is c1ccc2c3c(ccc2c1)-c1cccc2cccc(c12)N3c1ccc2ccc(-c3nc(-c4ccc5oc6c(-c7ccc8c9c(cccc79)N(c7ccc(-c9nc(-c%10ccc%11c(c%10)oc%10ccccc%10%11)c%10oc%11ccccc%11c%10n9)cc7)c7c-8ccc8ccccc78)cccc6c5c4)c4oc5ccccc5c4n3)cc2c1. The van der Waals surface area contributed by atoms with Crippen LogP contribution in [0, 0.1) is 0 Å². The maximum Gasteiger partial charge on any atom is 0.180 e. The molecule has 0 N–H and O–H groups in total. The van der Waals surface area contributed by atoms with Gasteiger partial charge in [0.1, 0.15) is 55.9 Å². The van der Waals surface area contributed by atoms with Crippen molar-refractivity contribution >= 4 is 176 Å². The molecule has 508 valence electrons. The Hall–Kier alpha value is -15.0. The smallest absolute Gasteiger partial charge is 0.180 e. The summed E-state index contributed by atoms with van der Waals surface area (Å²) < 4.78 is 27.0. The van der Waals surface area contributed by atoms with Crippen LogP contribution >= 0.6 is 0 Å². The van der Waals surface area contributed by atoms with Crippen LogP contribution in [0.3, 0.4) is 0 Å². The van der Waals surface area contributed by atoms with E-state index in [0.717, 1.165) is 182 Å². The quantitative estimate of drug-likeness (QED) is 0.153. The summed E-state index contributed by atoms with van der Waals surface area (Å²) in [6.07, 6.45) is 0. The molecular formula is C100H54N6O4. The average molecular weight is 1400 g/mol. The van der Waals surface area contributed by atoms with E-state index >= 15 is 0 Å². The Balaban J connectivity index is 0.606. The first-order valence-corrected chi connectivity index (χ1v) is 37.1. The third-order valence-corrected chi connectivity index (χ3v) is 23.1. The summed E-state index contributed by atoms with van der Waals surface area (Å²) in [5.74, 6) is 1.19. The van der Waals surface area contributed by atoms with Crippen molar-refractivity contribution in [3.63, 3.8) is 0 Å². The Morgan fingerprint density at radius 3 is 1.42 bits per heavy atom. The molecule has 0 spiro atoms. The molecule has 8 heterocycles. The molecular weight excluding hydrogens is 1350 g/mol. The van der Waals surface area contributed by atoms with Gasteiger partial charge in [0.2, 0.25) is 0 Å². The molecule has 0 bridgehead atoms. The van der Waals surface area contributed by atoms with Gasteiger partial charge in [0.15, 0.2) is 22.8 Å². The second kappa shape index (κ2) is 22.3. The van der Waals surface area contributed by atoms with Crippen molar-refractivity contribution in [1.82, 2.24) is 19.9 Å². The molecule has 17 aromatic carbocycles. The van der Waals surface area contributed by atoms with Crippen LogP contribution in [0.25, 0.3) is 221 Å². The predicted molar refractivity (Wildman–Crippen MR) is 449 cm³/mol. The van der Waals surface area contributed by atoms with Crippen molar-refractivity contribution < 1.29 is 17.7 Å². The molecule has 0 saturated heterocycles. The summed E-state index contributed by atoms with van der Waals surface area (Å²) in [5, 5.41) is 17.5. The molecule has 0 unspecified atom stereocenters. The normalized spacial score (nSPS) is 12.7. The van der Waals surface area contributed by atoms with Gasteiger partial charge in [0.05, 0.1) is 22.7 Å². The van der Waals surface area contributed by atoms with E-state index in [4.69, 9.17) is 37.6 Å². The molecule has 0 fully saturated rings. The lowest BCUT2D eigenvalue weighted by Crippen LogP contribution is -2.15. The Morgan fingerprint density at radius 2 is 0.691 bits per heavy atom. The van der Waals surface area contributed by atoms with E-state index in [1.54, 1.807) is 0 Å². The van der Waals surface area contributed by atoms with Crippen LogP contribution < -0.4 is 9.80 Å². The highest BCUT2D eigenvalue weighted by Gasteiger charge is 2.32. The first-order valence-electron chi connectivity index (χ1n) is 37.1. The summed E-state index contributed by atoms with van der Waals surface area (Å²) in [6, 6.07) is 117. The lowest BCUT2D eigenvalue weighted by molar-refractivity contribution is 0.666. The van der Waals surface area contributed by atoms with E-state index in [2.05, 4.69) is 283 Å². The van der Waals surface area contributed by atoms with Crippen molar-refractivity contribution in [3.8, 4) is 78.7 Å². The monoisotopic (exact) mass is 1400 g/mol. The van der Waals surface area contributed by atoms with Crippen molar-refractivity contribution in [3.05, 3.63) is 328 Å². The van der Waals surface area contributed by atoms with Gasteiger partial charge >= 0.3 is 0 Å². The largest absolute Gasteiger partial charge is 0.456 e. The Labute approximate surface area is 625 Å². The number of hydrogen-bond acceptors (Lipinski definition) is 10. The zero-order valence-corrected chi connectivity index (χ0v) is 58.5. The van der Waals surface area contributed by atoms with Crippen LogP contribution in [0.4, 0.5) is 34.1 Å². The van der Waals surface area contributed by atoms with Gasteiger partial charge in [0, 0.05) is 104 Å². The second-order valence-electron chi connectivity index (χ2n) is 29.0. The van der Waals surface area contributed by atoms with Crippen LogP contribution in [0.15, 0.2) is 345 Å². The highest BCUT2D eigenvalue weighted by molar-refractivity contribution is 6.24. The molecule has 2 aliphatic rings. The minimum absolute atomic E-state index is 0.589. The van der Waals surface area contributed by atoms with Crippen LogP contribution in [-0.2, 0) is 0 Å². The van der Waals surface area contributed by atoms with Crippen molar-refractivity contribution in [2.45, 2.75) is 0 Å². The molecule has 0 amide bonds. The molecule has 110 heavy (non-hydrogen) atoms. The van der Waals surface area contributed by atoms with E-state index in [0.29, 0.717) is 34.2 Å². The minimum atomic E-state index is 0.589. The van der Waals surface area contributed by atoms with Crippen molar-refractivity contribution in [2.24, 2.45) is 0 Å². The molecule has 25 rings (SSSR count). The van der Waals surface area contributed by atoms with Crippen LogP contribution in [0.5, 0.6) is 0 Å². The standard InChI is InChI=1S/C100H54N6O4/c1-3-19-66-56(15-1)39-47-75-73-49-48-68(71-25-14-29-82(89(71)73)105(94(66)75)64-42-36-59(37-43-64)99-101-91(98-92(103-99)78-22-6-9-31-84(78)110-98)61-40-45-70-69-21-5-8-30-83(69)107-87(70)54-61)76-26-13-27-77-80-53-60(41-50-86(80)108-96(76)77)90-97-93(79-23-7-10-32-85(79)109-97)104-100(102-90)62-34-33-55-35-44-65(52-63(55)51-62)106-81-28-12-18-58-17-11-24-72(88(58)81)74-46-38-57-16-2-4-20-67(57)95(74)106/h1-54H. The molecule has 10 nitrogen and oxygen atoms in total. The van der Waals surface area contributed by atoms with E-state index in [9.17, 15) is 0 Å². The number of aromatic nitrogens is 4. The van der Waals surface area contributed by atoms with Crippen molar-refractivity contribution in [2.75, 3.05) is 9.80 Å². The number of hydrogen-bond donors (Lipinski definition) is 0. The number of furan rings is 4. The molecule has 2 aliphatic heterocycles. The van der Waals surface area contributed by atoms with Gasteiger partial charge in [-0.3, -0.25) is 0 Å². The summed E-state index contributed by atoms with van der Waals surface area (Å²) in [4.78, 5) is 26.5. The summed E-state index contributed by atoms with van der Waals surface area (Å²) in [5.41, 5.74) is 25.8. The maximum absolute atomic E-state index is 7.13. The molecule has 23 aromatic rings. The molecule has 6 aromatic heterocycles. The van der Waals surface area contributed by atoms with Gasteiger partial charge in [-0.25, -0.2) is 19.9 Å².